The lowest BCUT2D eigenvalue weighted by Gasteiger charge is -1.95. The summed E-state index contributed by atoms with van der Waals surface area (Å²) < 4.78 is 60.2. The maximum absolute atomic E-state index is 10.1. The average Bonchev–Trinajstić information content (AvgIpc) is 1.93. The molecule has 0 saturated heterocycles. The fourth-order valence-electron chi connectivity index (χ4n) is 0.711. The topological polar surface area (TPSA) is 129 Å². The zero-order chi connectivity index (χ0) is 12.5. The van der Waals surface area contributed by atoms with Crippen LogP contribution in [0.4, 0.5) is 0 Å². The molecule has 0 aliphatic heterocycles. The van der Waals surface area contributed by atoms with Crippen LogP contribution in [0.15, 0.2) is 0 Å². The normalized spacial score (nSPS) is 11.7. The minimum absolute atomic E-state index is 0.0903. The van der Waals surface area contributed by atoms with Crippen molar-refractivity contribution in [1.82, 2.24) is 0 Å². The molecule has 0 amide bonds. The number of rotatable bonds is 5. The van der Waals surface area contributed by atoms with Gasteiger partial charge in [0.1, 0.15) is 0 Å². The molecule has 0 aliphatic carbocycles. The lowest BCUT2D eigenvalue weighted by molar-refractivity contribution is 0.381. The first kappa shape index (κ1) is 17.2. The molecular formula is C6H16O7S2. The Morgan fingerprint density at radius 1 is 0.867 bits per heavy atom. The number of hydrogen-bond donors (Lipinski definition) is 3. The largest absolute Gasteiger partial charge is 0.394 e. The van der Waals surface area contributed by atoms with E-state index in [0.717, 1.165) is 19.3 Å². The summed E-state index contributed by atoms with van der Waals surface area (Å²) in [5.41, 5.74) is 0. The van der Waals surface area contributed by atoms with Crippen LogP contribution in [0, 0.1) is 0 Å². The van der Waals surface area contributed by atoms with Gasteiger partial charge in [0, 0.05) is 0 Å². The van der Waals surface area contributed by atoms with E-state index in [4.69, 9.17) is 22.1 Å². The first-order valence-corrected chi connectivity index (χ1v) is 7.22. The highest BCUT2D eigenvalue weighted by Crippen LogP contribution is 2.00. The summed E-state index contributed by atoms with van der Waals surface area (Å²) in [6, 6.07) is 0. The van der Waals surface area contributed by atoms with Gasteiger partial charge in [0.05, 0.1) is 5.75 Å². The molecule has 15 heavy (non-hydrogen) atoms. The summed E-state index contributed by atoms with van der Waals surface area (Å²) in [6.07, 6.45) is 3.57. The van der Waals surface area contributed by atoms with Gasteiger partial charge < -0.3 is 0 Å². The van der Waals surface area contributed by atoms with E-state index in [-0.39, 0.29) is 5.75 Å². The van der Waals surface area contributed by atoms with Crippen LogP contribution in [0.5, 0.6) is 0 Å². The zero-order valence-corrected chi connectivity index (χ0v) is 9.96. The van der Waals surface area contributed by atoms with Crippen LogP contribution in [-0.2, 0) is 20.5 Å². The molecule has 0 heterocycles. The third-order valence-electron chi connectivity index (χ3n) is 1.26. The molecule has 0 aromatic rings. The molecule has 9 heteroatoms. The first-order valence-electron chi connectivity index (χ1n) is 4.21. The molecule has 0 atom stereocenters. The third kappa shape index (κ3) is 41.6. The lowest BCUT2D eigenvalue weighted by atomic mass is 10.2. The molecule has 0 aromatic carbocycles. The van der Waals surface area contributed by atoms with E-state index < -0.39 is 20.5 Å². The molecule has 0 saturated carbocycles. The molecule has 94 valence electrons. The van der Waals surface area contributed by atoms with Crippen LogP contribution in [-0.4, -0.2) is 36.2 Å². The SMILES string of the molecule is CCCCCCS(=O)(=O)O.O=S(=O)(O)O. The van der Waals surface area contributed by atoms with E-state index in [1.165, 1.54) is 0 Å². The van der Waals surface area contributed by atoms with Crippen LogP contribution in [0.2, 0.25) is 0 Å². The highest BCUT2D eigenvalue weighted by molar-refractivity contribution is 7.85. The maximum Gasteiger partial charge on any atom is 0.394 e. The van der Waals surface area contributed by atoms with Crippen molar-refractivity contribution in [2.45, 2.75) is 32.6 Å². The zero-order valence-electron chi connectivity index (χ0n) is 8.33. The Balaban J connectivity index is 0. The van der Waals surface area contributed by atoms with Gasteiger partial charge >= 0.3 is 10.4 Å². The summed E-state index contributed by atoms with van der Waals surface area (Å²) in [6.45, 7) is 2.05. The standard InChI is InChI=1S/C6H14O3S.H2O4S/c1-2-3-4-5-6-10(7,8)9;1-5(2,3)4/h2-6H2,1H3,(H,7,8,9);(H2,1,2,3,4). The van der Waals surface area contributed by atoms with E-state index in [1.54, 1.807) is 0 Å². The summed E-state index contributed by atoms with van der Waals surface area (Å²) >= 11 is 0. The monoisotopic (exact) mass is 264 g/mol. The number of hydrogen-bond acceptors (Lipinski definition) is 4. The van der Waals surface area contributed by atoms with Crippen molar-refractivity contribution in [3.63, 3.8) is 0 Å². The van der Waals surface area contributed by atoms with Crippen LogP contribution in [0.3, 0.4) is 0 Å². The van der Waals surface area contributed by atoms with Gasteiger partial charge in [-0.05, 0) is 6.42 Å². The minimum Gasteiger partial charge on any atom is -0.286 e. The fourth-order valence-corrected chi connectivity index (χ4v) is 1.28. The van der Waals surface area contributed by atoms with Crippen molar-refractivity contribution in [3.05, 3.63) is 0 Å². The van der Waals surface area contributed by atoms with Crippen LogP contribution < -0.4 is 0 Å². The van der Waals surface area contributed by atoms with Gasteiger partial charge in [-0.25, -0.2) is 0 Å². The van der Waals surface area contributed by atoms with Gasteiger partial charge in [-0.15, -0.1) is 0 Å². The van der Waals surface area contributed by atoms with Gasteiger partial charge in [-0.3, -0.25) is 13.7 Å². The van der Waals surface area contributed by atoms with Crippen molar-refractivity contribution in [2.24, 2.45) is 0 Å². The molecule has 3 N–H and O–H groups in total. The second-order valence-corrected chi connectivity index (χ2v) is 5.26. The maximum atomic E-state index is 10.1. The van der Waals surface area contributed by atoms with Gasteiger partial charge in [0.15, 0.2) is 0 Å². The average molecular weight is 264 g/mol. The van der Waals surface area contributed by atoms with E-state index in [1.807, 2.05) is 6.92 Å². The second kappa shape index (κ2) is 7.99. The van der Waals surface area contributed by atoms with Crippen molar-refractivity contribution < 1.29 is 30.5 Å². The van der Waals surface area contributed by atoms with Crippen LogP contribution >= 0.6 is 0 Å². The molecule has 0 fully saturated rings. The van der Waals surface area contributed by atoms with E-state index in [0.29, 0.717) is 6.42 Å². The van der Waals surface area contributed by atoms with E-state index in [9.17, 15) is 8.42 Å². The van der Waals surface area contributed by atoms with E-state index >= 15 is 0 Å². The molecule has 0 radical (unpaired) electrons. The Labute approximate surface area is 89.8 Å². The predicted molar refractivity (Wildman–Crippen MR) is 54.7 cm³/mol. The highest BCUT2D eigenvalue weighted by Gasteiger charge is 2.01. The van der Waals surface area contributed by atoms with Crippen molar-refractivity contribution in [1.29, 1.82) is 0 Å². The smallest absolute Gasteiger partial charge is 0.286 e. The minimum atomic E-state index is -4.67. The second-order valence-electron chi connectivity index (χ2n) is 2.79. The Hall–Kier alpha value is -0.220. The van der Waals surface area contributed by atoms with Crippen molar-refractivity contribution >= 4 is 20.5 Å². The summed E-state index contributed by atoms with van der Waals surface area (Å²) in [5.74, 6) is -0.0903. The van der Waals surface area contributed by atoms with Crippen molar-refractivity contribution in [2.75, 3.05) is 5.75 Å². The third-order valence-corrected chi connectivity index (χ3v) is 2.06. The summed E-state index contributed by atoms with van der Waals surface area (Å²) in [5, 5.41) is 0. The molecule has 0 aromatic heterocycles. The molecule has 7 nitrogen and oxygen atoms in total. The quantitative estimate of drug-likeness (QED) is 0.494. The van der Waals surface area contributed by atoms with E-state index in [2.05, 4.69) is 0 Å². The Morgan fingerprint density at radius 2 is 1.27 bits per heavy atom. The Kier molecular flexibility index (Phi) is 9.16. The molecule has 0 spiro atoms. The van der Waals surface area contributed by atoms with Crippen molar-refractivity contribution in [3.8, 4) is 0 Å². The predicted octanol–water partition coefficient (Wildman–Crippen LogP) is 0.802. The van der Waals surface area contributed by atoms with Gasteiger partial charge in [-0.1, -0.05) is 26.2 Å². The lowest BCUT2D eigenvalue weighted by Crippen LogP contribution is -2.03. The Morgan fingerprint density at radius 3 is 1.53 bits per heavy atom. The van der Waals surface area contributed by atoms with Gasteiger partial charge in [0.25, 0.3) is 10.1 Å². The highest BCUT2D eigenvalue weighted by atomic mass is 32.3. The molecule has 0 rings (SSSR count). The molecular weight excluding hydrogens is 248 g/mol. The van der Waals surface area contributed by atoms with Crippen LogP contribution in [0.1, 0.15) is 32.6 Å². The fraction of sp³-hybridized carbons (Fsp3) is 1.00. The molecule has 0 unspecified atom stereocenters. The van der Waals surface area contributed by atoms with Crippen LogP contribution in [0.25, 0.3) is 0 Å². The Bertz CT molecular complexity index is 320. The molecule has 0 bridgehead atoms. The summed E-state index contributed by atoms with van der Waals surface area (Å²) in [4.78, 5) is 0. The van der Waals surface area contributed by atoms with Gasteiger partial charge in [-0.2, -0.15) is 16.8 Å². The first-order chi connectivity index (χ1) is 6.56. The summed E-state index contributed by atoms with van der Waals surface area (Å²) in [7, 11) is -8.37. The molecule has 0 aliphatic rings. The number of unbranched alkanes of at least 4 members (excludes halogenated alkanes) is 3. The van der Waals surface area contributed by atoms with Gasteiger partial charge in [0.2, 0.25) is 0 Å².